The monoisotopic (exact) mass is 507 g/mol. The predicted octanol–water partition coefficient (Wildman–Crippen LogP) is 4.71. The number of nitrogens with zero attached hydrogens (tertiary/aromatic N) is 1. The van der Waals surface area contributed by atoms with Gasteiger partial charge in [-0.3, -0.25) is 9.59 Å². The van der Waals surface area contributed by atoms with Gasteiger partial charge < -0.3 is 14.8 Å². The number of hydrogen-bond acceptors (Lipinski definition) is 7. The number of ether oxygens (including phenoxy) is 2. The van der Waals surface area contributed by atoms with Gasteiger partial charge in [0.1, 0.15) is 11.5 Å². The first-order valence-electron chi connectivity index (χ1n) is 11.0. The van der Waals surface area contributed by atoms with Crippen LogP contribution in [0, 0.1) is 0 Å². The Kier molecular flexibility index (Phi) is 9.08. The molecule has 9 heteroatoms. The molecule has 0 bridgehead atoms. The molecule has 0 atom stereocenters. The van der Waals surface area contributed by atoms with Gasteiger partial charge in [0.05, 0.1) is 10.8 Å². The van der Waals surface area contributed by atoms with Crippen molar-refractivity contribution in [1.82, 2.24) is 5.43 Å². The standard InChI is InChI=1S/C26H25N3O4S2/c30-24(28-21-7-2-1-3-8-21)17-33-23-9-5-4-6-20(23)16-27-29-25(31)18-32-22-12-10-19(11-13-22)26-34-14-15-35-26/h1-13,16,26H,14-15,17-18H2,(H,28,30)(H,29,31)/b27-16-. The molecule has 1 heterocycles. The van der Waals surface area contributed by atoms with Crippen LogP contribution in [0.25, 0.3) is 0 Å². The lowest BCUT2D eigenvalue weighted by atomic mass is 10.2. The average Bonchev–Trinajstić information content (AvgIpc) is 3.43. The van der Waals surface area contributed by atoms with Gasteiger partial charge >= 0.3 is 0 Å². The average molecular weight is 508 g/mol. The van der Waals surface area contributed by atoms with Crippen LogP contribution in [0.2, 0.25) is 0 Å². The van der Waals surface area contributed by atoms with Crippen molar-refractivity contribution in [2.75, 3.05) is 30.0 Å². The van der Waals surface area contributed by atoms with Crippen molar-refractivity contribution in [3.05, 3.63) is 90.0 Å². The molecule has 180 valence electrons. The Morgan fingerprint density at radius 3 is 2.31 bits per heavy atom. The van der Waals surface area contributed by atoms with Crippen molar-refractivity contribution in [3.8, 4) is 11.5 Å². The largest absolute Gasteiger partial charge is 0.484 e. The summed E-state index contributed by atoms with van der Waals surface area (Å²) in [6, 6.07) is 24.1. The van der Waals surface area contributed by atoms with Gasteiger partial charge in [-0.1, -0.05) is 42.5 Å². The maximum absolute atomic E-state index is 12.1. The third kappa shape index (κ3) is 7.80. The third-order valence-corrected chi connectivity index (χ3v) is 7.98. The van der Waals surface area contributed by atoms with E-state index < -0.39 is 0 Å². The van der Waals surface area contributed by atoms with Gasteiger partial charge in [0.2, 0.25) is 0 Å². The highest BCUT2D eigenvalue weighted by Crippen LogP contribution is 2.45. The zero-order valence-corrected chi connectivity index (χ0v) is 20.5. The number of para-hydroxylation sites is 2. The molecule has 3 aromatic carbocycles. The first-order valence-corrected chi connectivity index (χ1v) is 13.1. The fourth-order valence-corrected chi connectivity index (χ4v) is 6.07. The fourth-order valence-electron chi connectivity index (χ4n) is 3.21. The lowest BCUT2D eigenvalue weighted by molar-refractivity contribution is -0.123. The summed E-state index contributed by atoms with van der Waals surface area (Å²) in [6.45, 7) is -0.307. The van der Waals surface area contributed by atoms with E-state index in [2.05, 4.69) is 15.8 Å². The van der Waals surface area contributed by atoms with Crippen molar-refractivity contribution in [2.45, 2.75) is 4.58 Å². The SMILES string of the molecule is O=C(COc1ccc(C2SCCS2)cc1)N/N=C\c1ccccc1OCC(=O)Nc1ccccc1. The summed E-state index contributed by atoms with van der Waals surface area (Å²) in [5, 5.41) is 6.75. The number of anilines is 1. The minimum absolute atomic E-state index is 0.151. The highest BCUT2D eigenvalue weighted by atomic mass is 32.2. The molecule has 3 aromatic rings. The molecule has 1 aliphatic rings. The Balaban J connectivity index is 1.22. The van der Waals surface area contributed by atoms with Gasteiger partial charge in [0, 0.05) is 22.8 Å². The molecule has 0 aromatic heterocycles. The Hall–Kier alpha value is -3.43. The van der Waals surface area contributed by atoms with Crippen molar-refractivity contribution in [1.29, 1.82) is 0 Å². The van der Waals surface area contributed by atoms with Gasteiger partial charge in [0.15, 0.2) is 13.2 Å². The Morgan fingerprint density at radius 1 is 0.857 bits per heavy atom. The second-order valence-electron chi connectivity index (χ2n) is 7.47. The van der Waals surface area contributed by atoms with Gasteiger partial charge in [-0.05, 0) is 42.0 Å². The highest BCUT2D eigenvalue weighted by Gasteiger charge is 2.18. The smallest absolute Gasteiger partial charge is 0.277 e. The van der Waals surface area contributed by atoms with E-state index in [0.717, 1.165) is 0 Å². The van der Waals surface area contributed by atoms with Crippen LogP contribution in [0.1, 0.15) is 15.7 Å². The molecule has 2 N–H and O–H groups in total. The molecule has 0 spiro atoms. The second-order valence-corrected chi connectivity index (χ2v) is 10.2. The lowest BCUT2D eigenvalue weighted by Gasteiger charge is -2.10. The number of amides is 2. The number of benzene rings is 3. The van der Waals surface area contributed by atoms with E-state index in [9.17, 15) is 9.59 Å². The van der Waals surface area contributed by atoms with Gasteiger partial charge in [-0.25, -0.2) is 5.43 Å². The topological polar surface area (TPSA) is 89.0 Å². The molecule has 1 fully saturated rings. The normalized spacial score (nSPS) is 13.5. The van der Waals surface area contributed by atoms with Crippen LogP contribution >= 0.6 is 23.5 Å². The summed E-state index contributed by atoms with van der Waals surface area (Å²) in [4.78, 5) is 24.2. The molecule has 4 rings (SSSR count). The van der Waals surface area contributed by atoms with Crippen molar-refractivity contribution in [3.63, 3.8) is 0 Å². The fraction of sp³-hybridized carbons (Fsp3) is 0.192. The van der Waals surface area contributed by atoms with Crippen LogP contribution in [0.15, 0.2) is 84.0 Å². The van der Waals surface area contributed by atoms with Crippen molar-refractivity contribution < 1.29 is 19.1 Å². The number of thioether (sulfide) groups is 2. The molecule has 2 amide bonds. The molecule has 35 heavy (non-hydrogen) atoms. The van der Waals surface area contributed by atoms with E-state index in [1.54, 1.807) is 30.3 Å². The second kappa shape index (κ2) is 12.9. The highest BCUT2D eigenvalue weighted by molar-refractivity contribution is 8.19. The number of hydrogen-bond donors (Lipinski definition) is 2. The number of carbonyl (C=O) groups is 2. The van der Waals surface area contributed by atoms with Gasteiger partial charge in [-0.15, -0.1) is 23.5 Å². The molecule has 0 radical (unpaired) electrons. The first-order chi connectivity index (χ1) is 17.2. The molecule has 7 nitrogen and oxygen atoms in total. The summed E-state index contributed by atoms with van der Waals surface area (Å²) >= 11 is 3.89. The van der Waals surface area contributed by atoms with E-state index in [1.807, 2.05) is 72.1 Å². The molecule has 0 saturated carbocycles. The number of carbonyl (C=O) groups excluding carboxylic acids is 2. The molecular formula is C26H25N3O4S2. The zero-order valence-electron chi connectivity index (χ0n) is 18.9. The maximum Gasteiger partial charge on any atom is 0.277 e. The summed E-state index contributed by atoms with van der Waals surface area (Å²) in [6.07, 6.45) is 1.47. The summed E-state index contributed by atoms with van der Waals surface area (Å²) in [5.41, 5.74) is 5.03. The van der Waals surface area contributed by atoms with E-state index >= 15 is 0 Å². The first kappa shape index (κ1) is 24.7. The minimum Gasteiger partial charge on any atom is -0.484 e. The Labute approximate surface area is 212 Å². The predicted molar refractivity (Wildman–Crippen MR) is 142 cm³/mol. The zero-order chi connectivity index (χ0) is 24.3. The van der Waals surface area contributed by atoms with Crippen LogP contribution in [0.3, 0.4) is 0 Å². The molecule has 0 aliphatic carbocycles. The molecule has 1 aliphatic heterocycles. The van der Waals surface area contributed by atoms with E-state index in [-0.39, 0.29) is 25.0 Å². The van der Waals surface area contributed by atoms with Gasteiger partial charge in [-0.2, -0.15) is 5.10 Å². The van der Waals surface area contributed by atoms with E-state index in [1.165, 1.54) is 23.3 Å². The number of hydrazone groups is 1. The molecule has 1 saturated heterocycles. The van der Waals surface area contributed by atoms with Crippen LogP contribution in [0.5, 0.6) is 11.5 Å². The van der Waals surface area contributed by atoms with Crippen LogP contribution in [-0.4, -0.2) is 42.7 Å². The summed E-state index contributed by atoms with van der Waals surface area (Å²) in [7, 11) is 0. The van der Waals surface area contributed by atoms with E-state index in [0.29, 0.717) is 27.3 Å². The van der Waals surface area contributed by atoms with E-state index in [4.69, 9.17) is 9.47 Å². The number of nitrogens with one attached hydrogen (secondary N) is 2. The Morgan fingerprint density at radius 2 is 1.54 bits per heavy atom. The summed E-state index contributed by atoms with van der Waals surface area (Å²) < 4.78 is 11.7. The molecular weight excluding hydrogens is 482 g/mol. The summed E-state index contributed by atoms with van der Waals surface area (Å²) in [5.74, 6) is 2.80. The van der Waals surface area contributed by atoms with Gasteiger partial charge in [0.25, 0.3) is 11.8 Å². The van der Waals surface area contributed by atoms with Crippen LogP contribution in [-0.2, 0) is 9.59 Å². The lowest BCUT2D eigenvalue weighted by Crippen LogP contribution is -2.24. The number of rotatable bonds is 10. The maximum atomic E-state index is 12.1. The minimum atomic E-state index is -0.382. The van der Waals surface area contributed by atoms with Crippen molar-refractivity contribution in [2.24, 2.45) is 5.10 Å². The van der Waals surface area contributed by atoms with Crippen LogP contribution in [0.4, 0.5) is 5.69 Å². The third-order valence-electron chi connectivity index (χ3n) is 4.87. The van der Waals surface area contributed by atoms with Crippen LogP contribution < -0.4 is 20.2 Å². The molecule has 0 unspecified atom stereocenters. The quantitative estimate of drug-likeness (QED) is 0.305. The Bertz CT molecular complexity index is 1150. The van der Waals surface area contributed by atoms with Crippen molar-refractivity contribution >= 4 is 47.2 Å².